The Balaban J connectivity index is 2.10. The summed E-state index contributed by atoms with van der Waals surface area (Å²) >= 11 is 0. The molecular weight excluding hydrogens is 222 g/mol. The fourth-order valence-corrected chi connectivity index (χ4v) is 1.15. The lowest BCUT2D eigenvalue weighted by molar-refractivity contribution is -0.142. The van der Waals surface area contributed by atoms with Crippen molar-refractivity contribution >= 4 is 11.9 Å². The molecule has 17 heavy (non-hydrogen) atoms. The van der Waals surface area contributed by atoms with Crippen molar-refractivity contribution in [2.24, 2.45) is 0 Å². The average molecular weight is 237 g/mol. The first-order valence-corrected chi connectivity index (χ1v) is 5.32. The second kappa shape index (κ2) is 7.27. The molecule has 0 aliphatic heterocycles. The zero-order valence-electron chi connectivity index (χ0n) is 9.48. The highest BCUT2D eigenvalue weighted by molar-refractivity contribution is 5.91. The Bertz CT molecular complexity index is 370. The molecule has 1 aromatic rings. The summed E-state index contributed by atoms with van der Waals surface area (Å²) in [4.78, 5) is 22.5. The third-order valence-corrected chi connectivity index (χ3v) is 1.95. The molecule has 0 saturated carbocycles. The fourth-order valence-electron chi connectivity index (χ4n) is 1.15. The van der Waals surface area contributed by atoms with Crippen LogP contribution in [0.25, 0.3) is 0 Å². The minimum absolute atomic E-state index is 0.220. The molecule has 0 aliphatic carbocycles. The van der Waals surface area contributed by atoms with Crippen LogP contribution in [-0.4, -0.2) is 25.0 Å². The summed E-state index contributed by atoms with van der Waals surface area (Å²) in [7, 11) is 0. The Labute approximate surface area is 99.4 Å². The van der Waals surface area contributed by atoms with Crippen LogP contribution in [-0.2, 0) is 9.53 Å². The van der Waals surface area contributed by atoms with Gasteiger partial charge in [-0.1, -0.05) is 12.7 Å². The monoisotopic (exact) mass is 237 g/mol. The van der Waals surface area contributed by atoms with Gasteiger partial charge in [-0.15, -0.1) is 0 Å². The molecule has 0 radical (unpaired) electrons. The summed E-state index contributed by atoms with van der Waals surface area (Å²) in [6.07, 6.45) is 3.74. The fraction of sp³-hybridized carbons (Fsp3) is 0.333. The first-order valence-electron chi connectivity index (χ1n) is 5.32. The quantitative estimate of drug-likeness (QED) is 0.443. The summed E-state index contributed by atoms with van der Waals surface area (Å²) < 4.78 is 9.69. The molecule has 5 heteroatoms. The molecule has 0 saturated heterocycles. The molecule has 0 bridgehead atoms. The van der Waals surface area contributed by atoms with E-state index < -0.39 is 0 Å². The number of hydrogen-bond acceptors (Lipinski definition) is 4. The molecule has 1 rings (SSSR count). The van der Waals surface area contributed by atoms with Crippen LogP contribution < -0.4 is 5.32 Å². The zero-order valence-corrected chi connectivity index (χ0v) is 9.48. The minimum Gasteiger partial charge on any atom is -0.461 e. The van der Waals surface area contributed by atoms with Crippen molar-refractivity contribution in [1.29, 1.82) is 0 Å². The number of furan rings is 1. The second-order valence-electron chi connectivity index (χ2n) is 3.31. The first-order chi connectivity index (χ1) is 8.24. The van der Waals surface area contributed by atoms with Gasteiger partial charge in [-0.25, -0.2) is 0 Å². The average Bonchev–Trinajstić information content (AvgIpc) is 2.85. The Kier molecular flexibility index (Phi) is 5.57. The van der Waals surface area contributed by atoms with Crippen molar-refractivity contribution in [3.05, 3.63) is 36.8 Å². The van der Waals surface area contributed by atoms with E-state index in [0.717, 1.165) is 0 Å². The van der Waals surface area contributed by atoms with Crippen LogP contribution in [0.5, 0.6) is 0 Å². The van der Waals surface area contributed by atoms with Crippen molar-refractivity contribution in [3.63, 3.8) is 0 Å². The van der Waals surface area contributed by atoms with Gasteiger partial charge in [-0.2, -0.15) is 0 Å². The normalized spacial score (nSPS) is 9.65. The van der Waals surface area contributed by atoms with E-state index in [1.165, 1.54) is 12.3 Å². The first kappa shape index (κ1) is 13.0. The smallest absolute Gasteiger partial charge is 0.306 e. The molecule has 1 aromatic heterocycles. The molecule has 5 nitrogen and oxygen atoms in total. The number of ether oxygens (including phenoxy) is 1. The Morgan fingerprint density at radius 1 is 1.53 bits per heavy atom. The van der Waals surface area contributed by atoms with Gasteiger partial charge < -0.3 is 14.5 Å². The van der Waals surface area contributed by atoms with Gasteiger partial charge in [0, 0.05) is 13.0 Å². The van der Waals surface area contributed by atoms with E-state index in [2.05, 4.69) is 11.9 Å². The van der Waals surface area contributed by atoms with Gasteiger partial charge >= 0.3 is 5.97 Å². The van der Waals surface area contributed by atoms with E-state index in [9.17, 15) is 9.59 Å². The summed E-state index contributed by atoms with van der Waals surface area (Å²) in [5.74, 6) is -0.314. The van der Waals surface area contributed by atoms with E-state index >= 15 is 0 Å². The molecule has 0 spiro atoms. The van der Waals surface area contributed by atoms with Gasteiger partial charge in [-0.05, 0) is 18.6 Å². The maximum Gasteiger partial charge on any atom is 0.306 e. The standard InChI is InChI=1S/C12H15NO4/c1-2-8-17-11(14)6-3-7-13-12(15)10-5-4-9-16-10/h2,4-5,9H,1,3,6-8H2,(H,13,15). The van der Waals surface area contributed by atoms with Crippen molar-refractivity contribution < 1.29 is 18.7 Å². The number of carbonyl (C=O) groups excluding carboxylic acids is 2. The molecule has 0 aromatic carbocycles. The highest BCUT2D eigenvalue weighted by atomic mass is 16.5. The zero-order chi connectivity index (χ0) is 12.5. The summed E-state index contributed by atoms with van der Waals surface area (Å²) in [5.41, 5.74) is 0. The number of hydrogen-bond donors (Lipinski definition) is 1. The van der Waals surface area contributed by atoms with E-state index in [4.69, 9.17) is 9.15 Å². The largest absolute Gasteiger partial charge is 0.461 e. The van der Waals surface area contributed by atoms with Crippen LogP contribution in [0.1, 0.15) is 23.4 Å². The molecule has 0 atom stereocenters. The number of nitrogens with one attached hydrogen (secondary N) is 1. The molecule has 0 aliphatic rings. The lowest BCUT2D eigenvalue weighted by Crippen LogP contribution is -2.24. The third-order valence-electron chi connectivity index (χ3n) is 1.95. The van der Waals surface area contributed by atoms with Crippen LogP contribution in [0.4, 0.5) is 0 Å². The summed E-state index contributed by atoms with van der Waals surface area (Å²) in [6.45, 7) is 4.06. The van der Waals surface area contributed by atoms with Crippen molar-refractivity contribution in [1.82, 2.24) is 5.32 Å². The van der Waals surface area contributed by atoms with Gasteiger partial charge in [0.15, 0.2) is 5.76 Å². The van der Waals surface area contributed by atoms with E-state index in [-0.39, 0.29) is 30.7 Å². The molecule has 92 valence electrons. The Morgan fingerprint density at radius 3 is 3.00 bits per heavy atom. The Morgan fingerprint density at radius 2 is 2.35 bits per heavy atom. The number of esters is 1. The highest BCUT2D eigenvalue weighted by Gasteiger charge is 2.07. The van der Waals surface area contributed by atoms with Gasteiger partial charge in [0.1, 0.15) is 6.61 Å². The predicted octanol–water partition coefficient (Wildman–Crippen LogP) is 1.52. The number of carbonyl (C=O) groups is 2. The lowest BCUT2D eigenvalue weighted by Gasteiger charge is -2.03. The van der Waals surface area contributed by atoms with Crippen molar-refractivity contribution in [2.45, 2.75) is 12.8 Å². The van der Waals surface area contributed by atoms with Crippen LogP contribution in [0.2, 0.25) is 0 Å². The maximum absolute atomic E-state index is 11.4. The van der Waals surface area contributed by atoms with Crippen molar-refractivity contribution in [2.75, 3.05) is 13.2 Å². The van der Waals surface area contributed by atoms with E-state index in [1.807, 2.05) is 0 Å². The molecule has 1 amide bonds. The minimum atomic E-state index is -0.294. The maximum atomic E-state index is 11.4. The predicted molar refractivity (Wildman–Crippen MR) is 61.4 cm³/mol. The summed E-state index contributed by atoms with van der Waals surface area (Å²) in [6, 6.07) is 3.22. The van der Waals surface area contributed by atoms with Gasteiger partial charge in [-0.3, -0.25) is 9.59 Å². The molecule has 0 unspecified atom stereocenters. The van der Waals surface area contributed by atoms with E-state index in [0.29, 0.717) is 13.0 Å². The third kappa shape index (κ3) is 5.01. The lowest BCUT2D eigenvalue weighted by atomic mass is 10.3. The Hall–Kier alpha value is -2.04. The number of rotatable bonds is 7. The van der Waals surface area contributed by atoms with Crippen LogP contribution >= 0.6 is 0 Å². The summed E-state index contributed by atoms with van der Waals surface area (Å²) in [5, 5.41) is 2.64. The van der Waals surface area contributed by atoms with Gasteiger partial charge in [0.25, 0.3) is 5.91 Å². The van der Waals surface area contributed by atoms with Gasteiger partial charge in [0.05, 0.1) is 6.26 Å². The van der Waals surface area contributed by atoms with Crippen LogP contribution in [0.3, 0.4) is 0 Å². The van der Waals surface area contributed by atoms with E-state index in [1.54, 1.807) is 12.1 Å². The molecule has 0 fully saturated rings. The number of amides is 1. The molecule has 1 N–H and O–H groups in total. The molecular formula is C12H15NO4. The van der Waals surface area contributed by atoms with Crippen LogP contribution in [0.15, 0.2) is 35.5 Å². The van der Waals surface area contributed by atoms with Gasteiger partial charge in [0.2, 0.25) is 0 Å². The topological polar surface area (TPSA) is 68.5 Å². The molecule has 1 heterocycles. The van der Waals surface area contributed by atoms with Crippen LogP contribution in [0, 0.1) is 0 Å². The highest BCUT2D eigenvalue weighted by Crippen LogP contribution is 1.99. The SMILES string of the molecule is C=CCOC(=O)CCCNC(=O)c1ccco1. The van der Waals surface area contributed by atoms with Crippen molar-refractivity contribution in [3.8, 4) is 0 Å². The second-order valence-corrected chi connectivity index (χ2v) is 3.31.